The zero-order chi connectivity index (χ0) is 28.3. The SMILES string of the molecule is c1c[nH]cn1.c1cn[nH]c1.c1cn[nH]n1.c1cnoc1.c1cnsc1.c1cocn1.c1cscn1.c1nc[nH]n1. The van der Waals surface area contributed by atoms with Crippen molar-refractivity contribution in [3.05, 3.63) is 134 Å². The van der Waals surface area contributed by atoms with Gasteiger partial charge in [0.1, 0.15) is 25.2 Å². The number of hydrogen-bond acceptors (Lipinski definition) is 14. The van der Waals surface area contributed by atoms with E-state index in [4.69, 9.17) is 0 Å². The summed E-state index contributed by atoms with van der Waals surface area (Å²) in [6.07, 6.45) is 25.8. The van der Waals surface area contributed by atoms with Crippen molar-refractivity contribution < 1.29 is 8.94 Å². The fourth-order valence-corrected chi connectivity index (χ4v) is 2.17. The van der Waals surface area contributed by atoms with Gasteiger partial charge in [-0.2, -0.15) is 25.6 Å². The minimum absolute atomic E-state index is 1.38. The number of aromatic amines is 4. The maximum Gasteiger partial charge on any atom is 0.180 e. The van der Waals surface area contributed by atoms with E-state index >= 15 is 0 Å². The van der Waals surface area contributed by atoms with Crippen molar-refractivity contribution in [3.8, 4) is 0 Å². The molecule has 8 rings (SSSR count). The van der Waals surface area contributed by atoms with Crippen LogP contribution >= 0.6 is 22.9 Å². The van der Waals surface area contributed by atoms with Crippen LogP contribution in [0.2, 0.25) is 0 Å². The maximum absolute atomic E-state index is 4.47. The molecule has 0 saturated carbocycles. The molecule has 0 aliphatic carbocycles. The summed E-state index contributed by atoms with van der Waals surface area (Å²) < 4.78 is 12.6. The molecule has 0 radical (unpaired) electrons. The summed E-state index contributed by atoms with van der Waals surface area (Å²) in [7, 11) is 0. The molecule has 40 heavy (non-hydrogen) atoms. The van der Waals surface area contributed by atoms with Gasteiger partial charge in [0.25, 0.3) is 0 Å². The Labute approximate surface area is 236 Å². The van der Waals surface area contributed by atoms with Gasteiger partial charge in [0.05, 0.1) is 36.6 Å². The number of aromatic nitrogens is 14. The van der Waals surface area contributed by atoms with Crippen LogP contribution in [0.1, 0.15) is 0 Å². The largest absolute Gasteiger partial charge is 0.452 e. The molecular formula is C22H26N14O2S2. The molecule has 16 nitrogen and oxygen atoms in total. The Kier molecular flexibility index (Phi) is 24.0. The summed E-state index contributed by atoms with van der Waals surface area (Å²) >= 11 is 3.06. The standard InChI is InChI=1S/2C3H4N2.2C3H3NO.2C3H3NS.2C2H3N3/c1-2-5-3-4-1;1-2-4-5-3-1;1-2-5-3-4-1;1-2-4-5-3-1;1-2-5-3-4-1;1-2-4-5-3-1;1-3-2-5-4-1;1-2-4-5-3-1/h2*1-3H,(H,4,5);4*1-3H;2*1-2H,(H,3,4,5). The van der Waals surface area contributed by atoms with Crippen molar-refractivity contribution in [2.75, 3.05) is 0 Å². The molecule has 8 aromatic heterocycles. The van der Waals surface area contributed by atoms with E-state index in [2.05, 4.69) is 79.2 Å². The van der Waals surface area contributed by atoms with E-state index in [9.17, 15) is 0 Å². The number of nitrogens with one attached hydrogen (secondary N) is 4. The summed E-state index contributed by atoms with van der Waals surface area (Å²) in [5.41, 5.74) is 1.79. The second kappa shape index (κ2) is 29.6. The molecule has 8 heterocycles. The van der Waals surface area contributed by atoms with Gasteiger partial charge in [0, 0.05) is 47.9 Å². The fraction of sp³-hybridized carbons (Fsp3) is 0. The first-order valence-electron chi connectivity index (χ1n) is 10.8. The van der Waals surface area contributed by atoms with E-state index < -0.39 is 0 Å². The number of hydrogen-bond donors (Lipinski definition) is 4. The van der Waals surface area contributed by atoms with Crippen molar-refractivity contribution in [3.63, 3.8) is 0 Å². The Morgan fingerprint density at radius 1 is 0.625 bits per heavy atom. The van der Waals surface area contributed by atoms with Crippen LogP contribution in [-0.2, 0) is 0 Å². The van der Waals surface area contributed by atoms with Crippen LogP contribution < -0.4 is 0 Å². The fourth-order valence-electron chi connectivity index (χ4n) is 1.47. The van der Waals surface area contributed by atoms with Gasteiger partial charge in [0.2, 0.25) is 0 Å². The zero-order valence-corrected chi connectivity index (χ0v) is 22.4. The topological polar surface area (TPSA) is 218 Å². The molecule has 0 aromatic carbocycles. The molecule has 8 aromatic rings. The number of oxazole rings is 1. The van der Waals surface area contributed by atoms with Crippen LogP contribution in [0.15, 0.2) is 143 Å². The molecule has 0 saturated heterocycles. The summed E-state index contributed by atoms with van der Waals surface area (Å²) in [6, 6.07) is 5.46. The third kappa shape index (κ3) is 27.0. The van der Waals surface area contributed by atoms with Crippen LogP contribution in [0.5, 0.6) is 0 Å². The first-order chi connectivity index (χ1) is 20.0. The molecule has 0 fully saturated rings. The highest BCUT2D eigenvalue weighted by molar-refractivity contribution is 7.07. The van der Waals surface area contributed by atoms with Gasteiger partial charge in [-0.25, -0.2) is 19.3 Å². The molecule has 4 N–H and O–H groups in total. The van der Waals surface area contributed by atoms with Crippen LogP contribution in [0.4, 0.5) is 0 Å². The van der Waals surface area contributed by atoms with Gasteiger partial charge in [-0.05, 0) is 29.7 Å². The highest BCUT2D eigenvalue weighted by Crippen LogP contribution is 1.86. The van der Waals surface area contributed by atoms with Gasteiger partial charge in [0.15, 0.2) is 6.39 Å². The van der Waals surface area contributed by atoms with Crippen molar-refractivity contribution in [1.29, 1.82) is 0 Å². The van der Waals surface area contributed by atoms with Gasteiger partial charge < -0.3 is 13.9 Å². The molecule has 0 spiro atoms. The molecule has 0 aliphatic rings. The minimum Gasteiger partial charge on any atom is -0.452 e. The monoisotopic (exact) mass is 582 g/mol. The summed E-state index contributed by atoms with van der Waals surface area (Å²) in [5.74, 6) is 0. The summed E-state index contributed by atoms with van der Waals surface area (Å²) in [6.45, 7) is 0. The molecule has 208 valence electrons. The lowest BCUT2D eigenvalue weighted by atomic mass is 10.8. The van der Waals surface area contributed by atoms with Gasteiger partial charge >= 0.3 is 0 Å². The Morgan fingerprint density at radius 2 is 1.57 bits per heavy atom. The van der Waals surface area contributed by atoms with E-state index in [1.165, 1.54) is 43.1 Å². The lowest BCUT2D eigenvalue weighted by Crippen LogP contribution is -1.61. The second-order valence-corrected chi connectivity index (χ2v) is 7.01. The first-order valence-corrected chi connectivity index (χ1v) is 12.6. The van der Waals surface area contributed by atoms with Crippen molar-refractivity contribution in [2.24, 2.45) is 0 Å². The van der Waals surface area contributed by atoms with Gasteiger partial charge in [-0.1, -0.05) is 5.16 Å². The van der Waals surface area contributed by atoms with E-state index in [1.807, 2.05) is 22.9 Å². The molecule has 18 heteroatoms. The average Bonchev–Trinajstić information content (AvgIpc) is 3.95. The van der Waals surface area contributed by atoms with E-state index in [-0.39, 0.29) is 0 Å². The Bertz CT molecular complexity index is 825. The average molecular weight is 583 g/mol. The van der Waals surface area contributed by atoms with Crippen LogP contribution in [0.25, 0.3) is 0 Å². The van der Waals surface area contributed by atoms with Crippen LogP contribution in [0, 0.1) is 0 Å². The third-order valence-electron chi connectivity index (χ3n) is 2.86. The quantitative estimate of drug-likeness (QED) is 0.199. The highest BCUT2D eigenvalue weighted by atomic mass is 32.1. The van der Waals surface area contributed by atoms with Gasteiger partial charge in [-0.15, -0.1) is 11.3 Å². The second-order valence-electron chi connectivity index (χ2n) is 5.56. The van der Waals surface area contributed by atoms with Crippen LogP contribution in [0.3, 0.4) is 0 Å². The summed E-state index contributed by atoms with van der Waals surface area (Å²) in [4.78, 5) is 17.3. The molecule has 0 bridgehead atoms. The first kappa shape index (κ1) is 32.4. The van der Waals surface area contributed by atoms with Crippen molar-refractivity contribution in [2.45, 2.75) is 0 Å². The third-order valence-corrected chi connectivity index (χ3v) is 3.91. The predicted molar refractivity (Wildman–Crippen MR) is 147 cm³/mol. The Balaban J connectivity index is 0.000000229. The van der Waals surface area contributed by atoms with E-state index in [0.717, 1.165) is 0 Å². The number of nitrogens with zero attached hydrogens (tertiary/aromatic N) is 10. The van der Waals surface area contributed by atoms with Gasteiger partial charge in [-0.3, -0.25) is 15.2 Å². The van der Waals surface area contributed by atoms with Crippen molar-refractivity contribution in [1.82, 2.24) is 70.3 Å². The van der Waals surface area contributed by atoms with E-state index in [1.54, 1.807) is 91.2 Å². The number of imidazole rings is 1. The molecule has 0 aliphatic heterocycles. The number of thiazole rings is 1. The Hall–Kier alpha value is -5.62. The Morgan fingerprint density at radius 3 is 1.77 bits per heavy atom. The summed E-state index contributed by atoms with van der Waals surface area (Å²) in [5, 5.41) is 28.7. The molecule has 0 amide bonds. The zero-order valence-electron chi connectivity index (χ0n) is 20.8. The number of H-pyrrole nitrogens is 4. The molecule has 0 unspecified atom stereocenters. The number of rotatable bonds is 0. The minimum atomic E-state index is 1.38. The van der Waals surface area contributed by atoms with Crippen LogP contribution in [-0.4, -0.2) is 70.3 Å². The lowest BCUT2D eigenvalue weighted by molar-refractivity contribution is 0.420. The smallest absolute Gasteiger partial charge is 0.180 e. The highest BCUT2D eigenvalue weighted by Gasteiger charge is 1.62. The van der Waals surface area contributed by atoms with Crippen molar-refractivity contribution >= 4 is 22.9 Å². The normalized spacial score (nSPS) is 8.00. The lowest BCUT2D eigenvalue weighted by Gasteiger charge is -1.49. The molecular weight excluding hydrogens is 556 g/mol. The molecule has 0 atom stereocenters. The predicted octanol–water partition coefficient (Wildman–Crippen LogP) is 4.06. The maximum atomic E-state index is 4.47. The van der Waals surface area contributed by atoms with E-state index in [0.29, 0.717) is 0 Å².